The highest BCUT2D eigenvalue weighted by Crippen LogP contribution is 2.17. The topological polar surface area (TPSA) is 58.4 Å². The van der Waals surface area contributed by atoms with Gasteiger partial charge in [-0.3, -0.25) is 9.69 Å². The van der Waals surface area contributed by atoms with Crippen molar-refractivity contribution in [2.24, 2.45) is 5.73 Å². The minimum atomic E-state index is -0.0350. The number of hydrogen-bond acceptors (Lipinski definition) is 3. The number of amides is 1. The molecule has 100 valence electrons. The van der Waals surface area contributed by atoms with Gasteiger partial charge in [0.05, 0.1) is 6.04 Å². The van der Waals surface area contributed by atoms with Crippen molar-refractivity contribution in [3.8, 4) is 0 Å². The van der Waals surface area contributed by atoms with Gasteiger partial charge in [-0.25, -0.2) is 0 Å². The van der Waals surface area contributed by atoms with Crippen molar-refractivity contribution >= 4 is 5.91 Å². The van der Waals surface area contributed by atoms with E-state index in [1.165, 1.54) is 12.8 Å². The lowest BCUT2D eigenvalue weighted by atomic mass is 10.2. The Hall–Kier alpha value is -0.610. The predicted octanol–water partition coefficient (Wildman–Crippen LogP) is 1.10. The zero-order valence-corrected chi connectivity index (χ0v) is 11.2. The number of likely N-dealkylation sites (N-methyl/N-ethyl adjacent to an activating group) is 1. The molecule has 1 unspecified atom stereocenters. The van der Waals surface area contributed by atoms with Gasteiger partial charge < -0.3 is 11.1 Å². The van der Waals surface area contributed by atoms with E-state index >= 15 is 0 Å². The van der Waals surface area contributed by atoms with Crippen LogP contribution < -0.4 is 11.1 Å². The number of nitrogens with one attached hydrogen (secondary N) is 1. The zero-order valence-electron chi connectivity index (χ0n) is 11.2. The molecule has 0 radical (unpaired) electrons. The third kappa shape index (κ3) is 4.64. The molecule has 1 fully saturated rings. The molecule has 1 amide bonds. The van der Waals surface area contributed by atoms with Crippen LogP contribution in [0.3, 0.4) is 0 Å². The van der Waals surface area contributed by atoms with E-state index in [9.17, 15) is 4.79 Å². The molecule has 4 nitrogen and oxygen atoms in total. The second kappa shape index (κ2) is 7.67. The molecule has 0 aromatic carbocycles. The van der Waals surface area contributed by atoms with E-state index in [-0.39, 0.29) is 11.9 Å². The monoisotopic (exact) mass is 241 g/mol. The molecular weight excluding hydrogens is 214 g/mol. The van der Waals surface area contributed by atoms with E-state index in [0.717, 1.165) is 32.4 Å². The zero-order chi connectivity index (χ0) is 12.7. The molecule has 0 heterocycles. The molecule has 1 rings (SSSR count). The molecule has 0 aromatic heterocycles. The first kappa shape index (κ1) is 14.5. The molecule has 0 bridgehead atoms. The molecule has 17 heavy (non-hydrogen) atoms. The lowest BCUT2D eigenvalue weighted by molar-refractivity contribution is -0.126. The van der Waals surface area contributed by atoms with Crippen LogP contribution in [0.5, 0.6) is 0 Å². The average Bonchev–Trinajstić information content (AvgIpc) is 2.82. The number of nitrogens with two attached hydrogens (primary N) is 1. The minimum absolute atomic E-state index is 0.0350. The van der Waals surface area contributed by atoms with Crippen LogP contribution in [0.15, 0.2) is 0 Å². The molecule has 1 atom stereocenters. The Bertz CT molecular complexity index is 227. The smallest absolute Gasteiger partial charge is 0.237 e. The Morgan fingerprint density at radius 1 is 1.47 bits per heavy atom. The normalized spacial score (nSPS) is 18.6. The summed E-state index contributed by atoms with van der Waals surface area (Å²) in [5.41, 5.74) is 5.51. The summed E-state index contributed by atoms with van der Waals surface area (Å²) < 4.78 is 0. The fraction of sp³-hybridized carbons (Fsp3) is 0.923. The van der Waals surface area contributed by atoms with E-state index in [4.69, 9.17) is 5.73 Å². The molecule has 3 N–H and O–H groups in total. The molecule has 0 spiro atoms. The minimum Gasteiger partial charge on any atom is -0.352 e. The Morgan fingerprint density at radius 3 is 2.65 bits per heavy atom. The quantitative estimate of drug-likeness (QED) is 0.702. The predicted molar refractivity (Wildman–Crippen MR) is 70.8 cm³/mol. The van der Waals surface area contributed by atoms with Crippen LogP contribution in [-0.4, -0.2) is 42.5 Å². The molecule has 0 aromatic rings. The van der Waals surface area contributed by atoms with Gasteiger partial charge in [-0.2, -0.15) is 0 Å². The van der Waals surface area contributed by atoms with Crippen LogP contribution in [0.2, 0.25) is 0 Å². The fourth-order valence-corrected chi connectivity index (χ4v) is 2.48. The lowest BCUT2D eigenvalue weighted by Gasteiger charge is -2.27. The van der Waals surface area contributed by atoms with Crippen molar-refractivity contribution in [2.75, 3.05) is 19.6 Å². The number of carbonyl (C=O) groups is 1. The van der Waals surface area contributed by atoms with Crippen molar-refractivity contribution in [3.05, 3.63) is 0 Å². The second-order valence-electron chi connectivity index (χ2n) is 4.94. The van der Waals surface area contributed by atoms with Crippen molar-refractivity contribution in [1.29, 1.82) is 0 Å². The molecule has 4 heteroatoms. The number of nitrogens with zero attached hydrogens (tertiary/aromatic N) is 1. The van der Waals surface area contributed by atoms with Gasteiger partial charge in [-0.15, -0.1) is 0 Å². The first-order valence-electron chi connectivity index (χ1n) is 6.93. The van der Waals surface area contributed by atoms with Gasteiger partial charge in [0.25, 0.3) is 0 Å². The third-order valence-electron chi connectivity index (χ3n) is 3.68. The molecular formula is C13H27N3O. The van der Waals surface area contributed by atoms with Crippen LogP contribution in [0.1, 0.15) is 46.0 Å². The molecule has 0 aliphatic heterocycles. The highest BCUT2D eigenvalue weighted by molar-refractivity contribution is 5.81. The van der Waals surface area contributed by atoms with Gasteiger partial charge in [0, 0.05) is 12.6 Å². The lowest BCUT2D eigenvalue weighted by Crippen LogP contribution is -2.48. The SMILES string of the molecule is CCN(CCCN)C(C)C(=O)NC1CCCC1. The summed E-state index contributed by atoms with van der Waals surface area (Å²) in [5, 5.41) is 3.16. The summed E-state index contributed by atoms with van der Waals surface area (Å²) in [6, 6.07) is 0.380. The Labute approximate surface area is 105 Å². The van der Waals surface area contributed by atoms with Crippen molar-refractivity contribution in [1.82, 2.24) is 10.2 Å². The van der Waals surface area contributed by atoms with E-state index in [0.29, 0.717) is 12.6 Å². The molecule has 1 aliphatic rings. The summed E-state index contributed by atoms with van der Waals surface area (Å²) in [5.74, 6) is 0.177. The number of hydrogen-bond donors (Lipinski definition) is 2. The number of carbonyl (C=O) groups excluding carboxylic acids is 1. The standard InChI is InChI=1S/C13H27N3O/c1-3-16(10-6-9-14)11(2)13(17)15-12-7-4-5-8-12/h11-12H,3-10,14H2,1-2H3,(H,15,17). The molecule has 1 saturated carbocycles. The average molecular weight is 241 g/mol. The summed E-state index contributed by atoms with van der Waals surface area (Å²) in [6.07, 6.45) is 5.75. The van der Waals surface area contributed by atoms with Crippen molar-refractivity contribution in [3.63, 3.8) is 0 Å². The van der Waals surface area contributed by atoms with Gasteiger partial charge in [0.15, 0.2) is 0 Å². The fourth-order valence-electron chi connectivity index (χ4n) is 2.48. The van der Waals surface area contributed by atoms with Crippen LogP contribution in [0, 0.1) is 0 Å². The van der Waals surface area contributed by atoms with Gasteiger partial charge in [-0.05, 0) is 39.3 Å². The van der Waals surface area contributed by atoms with Crippen LogP contribution in [0.25, 0.3) is 0 Å². The highest BCUT2D eigenvalue weighted by Gasteiger charge is 2.23. The second-order valence-corrected chi connectivity index (χ2v) is 4.94. The largest absolute Gasteiger partial charge is 0.352 e. The van der Waals surface area contributed by atoms with Crippen molar-refractivity contribution < 1.29 is 4.79 Å². The summed E-state index contributed by atoms with van der Waals surface area (Å²) >= 11 is 0. The third-order valence-corrected chi connectivity index (χ3v) is 3.68. The summed E-state index contributed by atoms with van der Waals surface area (Å²) in [7, 11) is 0. The van der Waals surface area contributed by atoms with E-state index in [2.05, 4.69) is 17.1 Å². The maximum atomic E-state index is 12.1. The first-order chi connectivity index (χ1) is 8.19. The Balaban J connectivity index is 2.36. The van der Waals surface area contributed by atoms with Gasteiger partial charge in [0.2, 0.25) is 5.91 Å². The highest BCUT2D eigenvalue weighted by atomic mass is 16.2. The Kier molecular flexibility index (Phi) is 6.52. The Morgan fingerprint density at radius 2 is 2.12 bits per heavy atom. The van der Waals surface area contributed by atoms with Crippen LogP contribution >= 0.6 is 0 Å². The summed E-state index contributed by atoms with van der Waals surface area (Å²) in [4.78, 5) is 14.3. The van der Waals surface area contributed by atoms with E-state index in [1.54, 1.807) is 0 Å². The number of rotatable bonds is 7. The summed E-state index contributed by atoms with van der Waals surface area (Å²) in [6.45, 7) is 6.58. The first-order valence-corrected chi connectivity index (χ1v) is 6.93. The van der Waals surface area contributed by atoms with Gasteiger partial charge in [-0.1, -0.05) is 19.8 Å². The molecule has 1 aliphatic carbocycles. The van der Waals surface area contributed by atoms with E-state index < -0.39 is 0 Å². The van der Waals surface area contributed by atoms with Gasteiger partial charge >= 0.3 is 0 Å². The van der Waals surface area contributed by atoms with E-state index in [1.807, 2.05) is 6.92 Å². The van der Waals surface area contributed by atoms with Crippen molar-refractivity contribution in [2.45, 2.75) is 58.0 Å². The van der Waals surface area contributed by atoms with Crippen LogP contribution in [0.4, 0.5) is 0 Å². The maximum Gasteiger partial charge on any atom is 0.237 e. The van der Waals surface area contributed by atoms with Crippen LogP contribution in [-0.2, 0) is 4.79 Å². The maximum absolute atomic E-state index is 12.1. The molecule has 0 saturated heterocycles. The van der Waals surface area contributed by atoms with Gasteiger partial charge in [0.1, 0.15) is 0 Å².